The van der Waals surface area contributed by atoms with Crippen LogP contribution in [0.4, 0.5) is 5.69 Å². The van der Waals surface area contributed by atoms with Crippen molar-refractivity contribution in [2.75, 3.05) is 11.9 Å². The number of anilines is 1. The van der Waals surface area contributed by atoms with Crippen LogP contribution in [0.15, 0.2) is 48.5 Å². The van der Waals surface area contributed by atoms with E-state index in [0.29, 0.717) is 12.0 Å². The number of aryl methyl sites for hydroxylation is 1. The largest absolute Gasteiger partial charge is 0.371 e. The number of hydrogen-bond acceptors (Lipinski definition) is 1. The third-order valence-corrected chi connectivity index (χ3v) is 4.15. The maximum absolute atomic E-state index is 2.40. The number of rotatable bonds is 1. The Morgan fingerprint density at radius 2 is 1.72 bits per heavy atom. The lowest BCUT2D eigenvalue weighted by Gasteiger charge is -2.23. The summed E-state index contributed by atoms with van der Waals surface area (Å²) in [7, 11) is 2.20. The van der Waals surface area contributed by atoms with Gasteiger partial charge in [-0.05, 0) is 31.0 Å². The summed E-state index contributed by atoms with van der Waals surface area (Å²) in [4.78, 5) is 2.40. The zero-order valence-electron chi connectivity index (χ0n) is 11.2. The van der Waals surface area contributed by atoms with Crippen LogP contribution in [0.3, 0.4) is 0 Å². The highest BCUT2D eigenvalue weighted by molar-refractivity contribution is 5.64. The molecule has 2 atom stereocenters. The summed E-state index contributed by atoms with van der Waals surface area (Å²) in [6, 6.07) is 18.2. The van der Waals surface area contributed by atoms with E-state index >= 15 is 0 Å². The fourth-order valence-electron chi connectivity index (χ4n) is 3.07. The second kappa shape index (κ2) is 4.16. The van der Waals surface area contributed by atoms with Gasteiger partial charge < -0.3 is 4.90 Å². The number of likely N-dealkylation sites (N-methyl/N-ethyl adjacent to an activating group) is 1. The highest BCUT2D eigenvalue weighted by Gasteiger charge is 2.34. The quantitative estimate of drug-likeness (QED) is 0.725. The van der Waals surface area contributed by atoms with E-state index in [1.54, 1.807) is 0 Å². The molecule has 0 radical (unpaired) electrons. The summed E-state index contributed by atoms with van der Waals surface area (Å²) in [6.07, 6.45) is 0. The molecule has 1 nitrogen and oxygen atoms in total. The van der Waals surface area contributed by atoms with E-state index in [4.69, 9.17) is 0 Å². The molecule has 2 unspecified atom stereocenters. The SMILES string of the molecule is Cc1ccc2c(c1)C(c1ccccc1)C(C)N2C. The molecule has 0 aromatic heterocycles. The van der Waals surface area contributed by atoms with Crippen LogP contribution in [0.2, 0.25) is 0 Å². The van der Waals surface area contributed by atoms with E-state index in [1.165, 1.54) is 22.4 Å². The third kappa shape index (κ3) is 1.62. The van der Waals surface area contributed by atoms with Crippen LogP contribution in [0, 0.1) is 6.92 Å². The van der Waals surface area contributed by atoms with Crippen molar-refractivity contribution < 1.29 is 0 Å². The molecule has 3 rings (SSSR count). The number of nitrogens with zero attached hydrogens (tertiary/aromatic N) is 1. The topological polar surface area (TPSA) is 3.24 Å². The lowest BCUT2D eigenvalue weighted by molar-refractivity contribution is 0.654. The van der Waals surface area contributed by atoms with E-state index in [1.807, 2.05) is 0 Å². The van der Waals surface area contributed by atoms with E-state index < -0.39 is 0 Å². The van der Waals surface area contributed by atoms with Crippen molar-refractivity contribution in [3.8, 4) is 0 Å². The van der Waals surface area contributed by atoms with Crippen LogP contribution >= 0.6 is 0 Å². The van der Waals surface area contributed by atoms with Crippen molar-refractivity contribution in [1.29, 1.82) is 0 Å². The molecule has 0 N–H and O–H groups in total. The molecule has 0 saturated carbocycles. The first kappa shape index (κ1) is 11.3. The van der Waals surface area contributed by atoms with E-state index in [9.17, 15) is 0 Å². The molecular weight excluding hydrogens is 218 g/mol. The molecule has 2 aromatic carbocycles. The van der Waals surface area contributed by atoms with Crippen LogP contribution in [0.1, 0.15) is 29.5 Å². The highest BCUT2D eigenvalue weighted by Crippen LogP contribution is 2.43. The Labute approximate surface area is 109 Å². The lowest BCUT2D eigenvalue weighted by Crippen LogP contribution is -2.27. The first-order valence-corrected chi connectivity index (χ1v) is 6.57. The average Bonchev–Trinajstić information content (AvgIpc) is 2.63. The monoisotopic (exact) mass is 237 g/mol. The molecule has 0 aliphatic carbocycles. The van der Waals surface area contributed by atoms with Crippen molar-refractivity contribution >= 4 is 5.69 Å². The standard InChI is InChI=1S/C17H19N/c1-12-9-10-16-15(11-12)17(13(2)18(16)3)14-7-5-4-6-8-14/h4-11,13,17H,1-3H3. The first-order valence-electron chi connectivity index (χ1n) is 6.57. The molecule has 1 aliphatic heterocycles. The molecule has 2 aromatic rings. The number of fused-ring (bicyclic) bond motifs is 1. The second-order valence-electron chi connectivity index (χ2n) is 5.30. The Kier molecular flexibility index (Phi) is 2.62. The average molecular weight is 237 g/mol. The van der Waals surface area contributed by atoms with Gasteiger partial charge in [-0.2, -0.15) is 0 Å². The van der Waals surface area contributed by atoms with Gasteiger partial charge in [-0.3, -0.25) is 0 Å². The van der Waals surface area contributed by atoms with Crippen LogP contribution in [-0.2, 0) is 0 Å². The Morgan fingerprint density at radius 3 is 2.44 bits per heavy atom. The van der Waals surface area contributed by atoms with Crippen molar-refractivity contribution in [3.05, 3.63) is 65.2 Å². The Balaban J connectivity index is 2.15. The summed E-state index contributed by atoms with van der Waals surface area (Å²) >= 11 is 0. The predicted octanol–water partition coefficient (Wildman–Crippen LogP) is 3.97. The van der Waals surface area contributed by atoms with Gasteiger partial charge in [0.25, 0.3) is 0 Å². The van der Waals surface area contributed by atoms with Gasteiger partial charge >= 0.3 is 0 Å². The van der Waals surface area contributed by atoms with Gasteiger partial charge in [-0.1, -0.05) is 48.0 Å². The molecule has 92 valence electrons. The Morgan fingerprint density at radius 1 is 1.00 bits per heavy atom. The Bertz CT molecular complexity index is 559. The van der Waals surface area contributed by atoms with Crippen molar-refractivity contribution in [3.63, 3.8) is 0 Å². The van der Waals surface area contributed by atoms with Gasteiger partial charge in [-0.15, -0.1) is 0 Å². The smallest absolute Gasteiger partial charge is 0.0406 e. The minimum Gasteiger partial charge on any atom is -0.371 e. The summed E-state index contributed by atoms with van der Waals surface area (Å²) in [5, 5.41) is 0. The summed E-state index contributed by atoms with van der Waals surface area (Å²) in [6.45, 7) is 4.48. The van der Waals surface area contributed by atoms with Crippen LogP contribution in [0.5, 0.6) is 0 Å². The van der Waals surface area contributed by atoms with Crippen LogP contribution in [-0.4, -0.2) is 13.1 Å². The maximum Gasteiger partial charge on any atom is 0.0406 e. The van der Waals surface area contributed by atoms with Gasteiger partial charge in [0, 0.05) is 24.7 Å². The molecule has 0 spiro atoms. The van der Waals surface area contributed by atoms with Gasteiger partial charge in [0.1, 0.15) is 0 Å². The fraction of sp³-hybridized carbons (Fsp3) is 0.294. The van der Waals surface area contributed by atoms with E-state index in [2.05, 4.69) is 74.3 Å². The van der Waals surface area contributed by atoms with Crippen LogP contribution in [0.25, 0.3) is 0 Å². The van der Waals surface area contributed by atoms with Crippen molar-refractivity contribution in [2.24, 2.45) is 0 Å². The zero-order chi connectivity index (χ0) is 12.7. The molecule has 1 heteroatoms. The van der Waals surface area contributed by atoms with Gasteiger partial charge in [0.2, 0.25) is 0 Å². The fourth-order valence-corrected chi connectivity index (χ4v) is 3.07. The maximum atomic E-state index is 2.40. The molecule has 0 amide bonds. The molecule has 0 bridgehead atoms. The number of hydrogen-bond donors (Lipinski definition) is 0. The van der Waals surface area contributed by atoms with Crippen molar-refractivity contribution in [1.82, 2.24) is 0 Å². The normalized spacial score (nSPS) is 22.1. The van der Waals surface area contributed by atoms with Gasteiger partial charge in [0.15, 0.2) is 0 Å². The molecule has 18 heavy (non-hydrogen) atoms. The molecule has 0 fully saturated rings. The second-order valence-corrected chi connectivity index (χ2v) is 5.30. The predicted molar refractivity (Wildman–Crippen MR) is 77.3 cm³/mol. The van der Waals surface area contributed by atoms with E-state index in [-0.39, 0.29) is 0 Å². The zero-order valence-corrected chi connectivity index (χ0v) is 11.2. The van der Waals surface area contributed by atoms with E-state index in [0.717, 1.165) is 0 Å². The minimum absolute atomic E-state index is 0.492. The van der Waals surface area contributed by atoms with Crippen LogP contribution < -0.4 is 4.90 Å². The lowest BCUT2D eigenvalue weighted by atomic mass is 9.88. The Hall–Kier alpha value is -1.76. The highest BCUT2D eigenvalue weighted by atomic mass is 15.2. The van der Waals surface area contributed by atoms with Crippen molar-refractivity contribution in [2.45, 2.75) is 25.8 Å². The number of benzene rings is 2. The molecule has 1 heterocycles. The van der Waals surface area contributed by atoms with Gasteiger partial charge in [0.05, 0.1) is 0 Å². The summed E-state index contributed by atoms with van der Waals surface area (Å²) < 4.78 is 0. The summed E-state index contributed by atoms with van der Waals surface area (Å²) in [5.41, 5.74) is 5.61. The molecular formula is C17H19N. The first-order chi connectivity index (χ1) is 8.68. The molecule has 0 saturated heterocycles. The van der Waals surface area contributed by atoms with Gasteiger partial charge in [-0.25, -0.2) is 0 Å². The molecule has 1 aliphatic rings. The third-order valence-electron chi connectivity index (χ3n) is 4.15. The summed E-state index contributed by atoms with van der Waals surface area (Å²) in [5.74, 6) is 0.492. The minimum atomic E-state index is 0.492.